The normalized spacial score (nSPS) is 22.6. The molecule has 3 nitrogen and oxygen atoms in total. The van der Waals surface area contributed by atoms with Crippen molar-refractivity contribution in [3.05, 3.63) is 29.8 Å². The molecular formula is C17H27N3. The highest BCUT2D eigenvalue weighted by atomic mass is 15.3. The van der Waals surface area contributed by atoms with E-state index in [1.165, 1.54) is 57.1 Å². The van der Waals surface area contributed by atoms with Crippen LogP contribution in [0, 0.1) is 18.8 Å². The molecule has 0 amide bonds. The van der Waals surface area contributed by atoms with Crippen LogP contribution in [0.2, 0.25) is 0 Å². The molecule has 1 aromatic rings. The first kappa shape index (κ1) is 13.9. The average molecular weight is 273 g/mol. The van der Waals surface area contributed by atoms with Crippen LogP contribution in [0.5, 0.6) is 0 Å². The van der Waals surface area contributed by atoms with Crippen LogP contribution < -0.4 is 10.2 Å². The fourth-order valence-electron chi connectivity index (χ4n) is 3.28. The molecule has 0 radical (unpaired) electrons. The Hall–Kier alpha value is -1.06. The van der Waals surface area contributed by atoms with Gasteiger partial charge in [-0.2, -0.15) is 0 Å². The monoisotopic (exact) mass is 273 g/mol. The molecule has 2 aliphatic heterocycles. The second-order valence-corrected chi connectivity index (χ2v) is 6.52. The number of anilines is 1. The summed E-state index contributed by atoms with van der Waals surface area (Å²) in [6.45, 7) is 13.1. The smallest absolute Gasteiger partial charge is 0.0369 e. The minimum absolute atomic E-state index is 0.835. The van der Waals surface area contributed by atoms with Gasteiger partial charge in [0.2, 0.25) is 0 Å². The standard InChI is InChI=1S/C17H27N3/c1-14-4-3-5-17(10-14)20-8-6-19(7-9-20)13-15(2)16-11-18-12-16/h3-5,10,15-16,18H,6-9,11-13H2,1-2H3. The second-order valence-electron chi connectivity index (χ2n) is 6.52. The Balaban J connectivity index is 1.49. The Labute approximate surface area is 123 Å². The summed E-state index contributed by atoms with van der Waals surface area (Å²) in [6, 6.07) is 8.89. The lowest BCUT2D eigenvalue weighted by atomic mass is 9.88. The van der Waals surface area contributed by atoms with Gasteiger partial charge >= 0.3 is 0 Å². The number of nitrogens with zero attached hydrogens (tertiary/aromatic N) is 2. The molecule has 1 N–H and O–H groups in total. The molecular weight excluding hydrogens is 246 g/mol. The number of nitrogens with one attached hydrogen (secondary N) is 1. The molecule has 2 saturated heterocycles. The zero-order valence-electron chi connectivity index (χ0n) is 12.8. The van der Waals surface area contributed by atoms with E-state index in [1.54, 1.807) is 0 Å². The zero-order valence-corrected chi connectivity index (χ0v) is 12.8. The fourth-order valence-corrected chi connectivity index (χ4v) is 3.28. The maximum absolute atomic E-state index is 3.39. The maximum Gasteiger partial charge on any atom is 0.0369 e. The van der Waals surface area contributed by atoms with Gasteiger partial charge in [-0.15, -0.1) is 0 Å². The lowest BCUT2D eigenvalue weighted by Gasteiger charge is -2.40. The molecule has 20 heavy (non-hydrogen) atoms. The largest absolute Gasteiger partial charge is 0.369 e. The molecule has 1 unspecified atom stereocenters. The number of rotatable bonds is 4. The Morgan fingerprint density at radius 1 is 1.20 bits per heavy atom. The van der Waals surface area contributed by atoms with Crippen LogP contribution in [0.15, 0.2) is 24.3 Å². The lowest BCUT2D eigenvalue weighted by Crippen LogP contribution is -2.52. The molecule has 110 valence electrons. The molecule has 0 aliphatic carbocycles. The highest BCUT2D eigenvalue weighted by Crippen LogP contribution is 2.20. The second kappa shape index (κ2) is 6.15. The zero-order chi connectivity index (χ0) is 13.9. The van der Waals surface area contributed by atoms with Gasteiger partial charge in [0, 0.05) is 38.4 Å². The predicted octanol–water partition coefficient (Wildman–Crippen LogP) is 1.97. The molecule has 1 aromatic carbocycles. The Kier molecular flexibility index (Phi) is 4.27. The van der Waals surface area contributed by atoms with E-state index in [4.69, 9.17) is 0 Å². The van der Waals surface area contributed by atoms with Crippen LogP contribution in [0.25, 0.3) is 0 Å². The van der Waals surface area contributed by atoms with Crippen molar-refractivity contribution in [2.24, 2.45) is 11.8 Å². The molecule has 1 atom stereocenters. The third-order valence-corrected chi connectivity index (χ3v) is 4.90. The van der Waals surface area contributed by atoms with E-state index in [9.17, 15) is 0 Å². The van der Waals surface area contributed by atoms with Crippen molar-refractivity contribution in [3.8, 4) is 0 Å². The third-order valence-electron chi connectivity index (χ3n) is 4.90. The van der Waals surface area contributed by atoms with Crippen molar-refractivity contribution in [2.45, 2.75) is 13.8 Å². The molecule has 2 aliphatic rings. The molecule has 2 heterocycles. The first-order chi connectivity index (χ1) is 9.72. The van der Waals surface area contributed by atoms with Crippen LogP contribution in [0.4, 0.5) is 5.69 Å². The van der Waals surface area contributed by atoms with Gasteiger partial charge in [-0.25, -0.2) is 0 Å². The molecule has 0 spiro atoms. The van der Waals surface area contributed by atoms with E-state index in [0.29, 0.717) is 0 Å². The van der Waals surface area contributed by atoms with Gasteiger partial charge < -0.3 is 10.2 Å². The van der Waals surface area contributed by atoms with Crippen molar-refractivity contribution < 1.29 is 0 Å². The SMILES string of the molecule is Cc1cccc(N2CCN(CC(C)C3CNC3)CC2)c1. The summed E-state index contributed by atoms with van der Waals surface area (Å²) in [5.74, 6) is 1.74. The van der Waals surface area contributed by atoms with Gasteiger partial charge in [0.15, 0.2) is 0 Å². The minimum atomic E-state index is 0.835. The van der Waals surface area contributed by atoms with Crippen molar-refractivity contribution in [1.29, 1.82) is 0 Å². The van der Waals surface area contributed by atoms with Crippen molar-refractivity contribution in [1.82, 2.24) is 10.2 Å². The van der Waals surface area contributed by atoms with E-state index >= 15 is 0 Å². The minimum Gasteiger partial charge on any atom is -0.369 e. The summed E-state index contributed by atoms with van der Waals surface area (Å²) in [4.78, 5) is 5.17. The van der Waals surface area contributed by atoms with Gasteiger partial charge in [0.1, 0.15) is 0 Å². The van der Waals surface area contributed by atoms with Crippen molar-refractivity contribution in [2.75, 3.05) is 50.7 Å². The van der Waals surface area contributed by atoms with E-state index < -0.39 is 0 Å². The maximum atomic E-state index is 3.39. The summed E-state index contributed by atoms with van der Waals surface area (Å²) >= 11 is 0. The summed E-state index contributed by atoms with van der Waals surface area (Å²) < 4.78 is 0. The number of aryl methyl sites for hydroxylation is 1. The Morgan fingerprint density at radius 2 is 1.95 bits per heavy atom. The highest BCUT2D eigenvalue weighted by Gasteiger charge is 2.26. The van der Waals surface area contributed by atoms with Gasteiger partial charge in [0.05, 0.1) is 0 Å². The summed E-state index contributed by atoms with van der Waals surface area (Å²) in [5.41, 5.74) is 2.75. The number of hydrogen-bond acceptors (Lipinski definition) is 3. The number of benzene rings is 1. The van der Waals surface area contributed by atoms with Crippen LogP contribution >= 0.6 is 0 Å². The van der Waals surface area contributed by atoms with Crippen molar-refractivity contribution in [3.63, 3.8) is 0 Å². The third kappa shape index (κ3) is 3.15. The van der Waals surface area contributed by atoms with Crippen LogP contribution in [0.1, 0.15) is 12.5 Å². The number of hydrogen-bond donors (Lipinski definition) is 1. The Morgan fingerprint density at radius 3 is 2.55 bits per heavy atom. The van der Waals surface area contributed by atoms with E-state index in [-0.39, 0.29) is 0 Å². The first-order valence-electron chi connectivity index (χ1n) is 7.97. The Bertz CT molecular complexity index is 434. The molecule has 3 heteroatoms. The summed E-state index contributed by atoms with van der Waals surface area (Å²) in [7, 11) is 0. The molecule has 0 saturated carbocycles. The van der Waals surface area contributed by atoms with Crippen molar-refractivity contribution >= 4 is 5.69 Å². The average Bonchev–Trinajstić information content (AvgIpc) is 2.37. The molecule has 0 aromatic heterocycles. The van der Waals surface area contributed by atoms with Gasteiger partial charge in [-0.3, -0.25) is 4.90 Å². The fraction of sp³-hybridized carbons (Fsp3) is 0.647. The summed E-state index contributed by atoms with van der Waals surface area (Å²) in [6.07, 6.45) is 0. The first-order valence-corrected chi connectivity index (χ1v) is 7.97. The summed E-state index contributed by atoms with van der Waals surface area (Å²) in [5, 5.41) is 3.39. The van der Waals surface area contributed by atoms with Crippen LogP contribution in [-0.2, 0) is 0 Å². The van der Waals surface area contributed by atoms with E-state index in [0.717, 1.165) is 11.8 Å². The topological polar surface area (TPSA) is 18.5 Å². The molecule has 3 rings (SSSR count). The van der Waals surface area contributed by atoms with Gasteiger partial charge in [-0.1, -0.05) is 19.1 Å². The van der Waals surface area contributed by atoms with E-state index in [2.05, 4.69) is 53.2 Å². The highest BCUT2D eigenvalue weighted by molar-refractivity contribution is 5.48. The van der Waals surface area contributed by atoms with Gasteiger partial charge in [0.25, 0.3) is 0 Å². The molecule has 2 fully saturated rings. The predicted molar refractivity (Wildman–Crippen MR) is 85.4 cm³/mol. The van der Waals surface area contributed by atoms with E-state index in [1.807, 2.05) is 0 Å². The quantitative estimate of drug-likeness (QED) is 0.905. The lowest BCUT2D eigenvalue weighted by molar-refractivity contribution is 0.160. The molecule has 0 bridgehead atoms. The number of piperazine rings is 1. The van der Waals surface area contributed by atoms with Crippen LogP contribution in [0.3, 0.4) is 0 Å². The van der Waals surface area contributed by atoms with Gasteiger partial charge in [-0.05, 0) is 49.5 Å². The van der Waals surface area contributed by atoms with Crippen LogP contribution in [-0.4, -0.2) is 50.7 Å².